The maximum absolute atomic E-state index is 13.5. The summed E-state index contributed by atoms with van der Waals surface area (Å²) >= 11 is 6.06. The Morgan fingerprint density at radius 3 is 2.83 bits per heavy atom. The molecule has 4 rings (SSSR count). The van der Waals surface area contributed by atoms with Gasteiger partial charge in [0.15, 0.2) is 0 Å². The number of halogens is 2. The van der Waals surface area contributed by atoms with Gasteiger partial charge in [-0.2, -0.15) is 0 Å². The van der Waals surface area contributed by atoms with Crippen LogP contribution in [0.3, 0.4) is 0 Å². The molecule has 150 valence electrons. The molecule has 2 heterocycles. The Morgan fingerprint density at radius 1 is 1.28 bits per heavy atom. The van der Waals surface area contributed by atoms with E-state index in [1.54, 1.807) is 38.2 Å². The number of carbonyl (C=O) groups is 1. The normalized spacial score (nSPS) is 15.8. The van der Waals surface area contributed by atoms with Crippen LogP contribution in [0.5, 0.6) is 0 Å². The van der Waals surface area contributed by atoms with Crippen LogP contribution in [0.4, 0.5) is 14.9 Å². The number of aryl methyl sites for hydroxylation is 1. The number of urea groups is 1. The standard InChI is InChI=1S/C21H19ClFN3O3/c1-11-7-13(4-6-16(11)23)24-21(28)26(2)18-10-29-9-17-19(18)14-5-3-12(22)8-15(14)20(27)25-17/h3-8,18H,9-10H2,1-2H3,(H,24,28)(H,25,27). The number of aromatic nitrogens is 1. The fraction of sp³-hybridized carbons (Fsp3) is 0.238. The van der Waals surface area contributed by atoms with Crippen LogP contribution in [0, 0.1) is 12.7 Å². The summed E-state index contributed by atoms with van der Waals surface area (Å²) in [5.41, 5.74) is 2.15. The Morgan fingerprint density at radius 2 is 2.07 bits per heavy atom. The van der Waals surface area contributed by atoms with E-state index in [9.17, 15) is 14.0 Å². The molecule has 0 saturated carbocycles. The maximum Gasteiger partial charge on any atom is 0.322 e. The number of nitrogens with one attached hydrogen (secondary N) is 2. The lowest BCUT2D eigenvalue weighted by Crippen LogP contribution is -2.39. The van der Waals surface area contributed by atoms with Crippen LogP contribution in [0.2, 0.25) is 5.02 Å². The molecular formula is C21H19ClFN3O3. The first kappa shape index (κ1) is 19.4. The average Bonchev–Trinajstić information content (AvgIpc) is 2.70. The zero-order valence-corrected chi connectivity index (χ0v) is 16.6. The number of ether oxygens (including phenoxy) is 1. The fourth-order valence-electron chi connectivity index (χ4n) is 3.60. The smallest absolute Gasteiger partial charge is 0.322 e. The minimum absolute atomic E-state index is 0.251. The molecular weight excluding hydrogens is 397 g/mol. The lowest BCUT2D eigenvalue weighted by atomic mass is 9.96. The molecule has 6 nitrogen and oxygen atoms in total. The van der Waals surface area contributed by atoms with Gasteiger partial charge in [0.25, 0.3) is 5.56 Å². The summed E-state index contributed by atoms with van der Waals surface area (Å²) in [6.45, 7) is 2.17. The lowest BCUT2D eigenvalue weighted by Gasteiger charge is -2.33. The molecule has 0 bridgehead atoms. The number of hydrogen-bond donors (Lipinski definition) is 2. The molecule has 8 heteroatoms. The number of hydrogen-bond acceptors (Lipinski definition) is 3. The van der Waals surface area contributed by atoms with Crippen molar-refractivity contribution in [3.05, 3.63) is 74.4 Å². The van der Waals surface area contributed by atoms with Crippen LogP contribution >= 0.6 is 11.6 Å². The molecule has 1 unspecified atom stereocenters. The Hall–Kier alpha value is -2.90. The zero-order valence-electron chi connectivity index (χ0n) is 15.9. The third kappa shape index (κ3) is 3.59. The zero-order chi connectivity index (χ0) is 20.7. The Labute approximate surface area is 171 Å². The number of carbonyl (C=O) groups excluding carboxylic acids is 1. The van der Waals surface area contributed by atoms with Crippen molar-refractivity contribution in [2.75, 3.05) is 19.0 Å². The summed E-state index contributed by atoms with van der Waals surface area (Å²) in [7, 11) is 1.65. The number of pyridine rings is 1. The largest absolute Gasteiger partial charge is 0.373 e. The van der Waals surface area contributed by atoms with Crippen molar-refractivity contribution in [1.82, 2.24) is 9.88 Å². The highest BCUT2D eigenvalue weighted by Crippen LogP contribution is 2.33. The highest BCUT2D eigenvalue weighted by Gasteiger charge is 2.30. The van der Waals surface area contributed by atoms with Gasteiger partial charge in [0.2, 0.25) is 0 Å². The third-order valence-electron chi connectivity index (χ3n) is 5.16. The molecule has 29 heavy (non-hydrogen) atoms. The van der Waals surface area contributed by atoms with Crippen molar-refractivity contribution in [3.63, 3.8) is 0 Å². The molecule has 0 aliphatic carbocycles. The van der Waals surface area contributed by atoms with Crippen molar-refractivity contribution in [3.8, 4) is 0 Å². The minimum atomic E-state index is -0.416. The van der Waals surface area contributed by atoms with E-state index in [0.717, 1.165) is 10.9 Å². The van der Waals surface area contributed by atoms with Crippen LogP contribution in [0.1, 0.15) is 22.9 Å². The first-order valence-corrected chi connectivity index (χ1v) is 9.45. The number of fused-ring (bicyclic) bond motifs is 3. The quantitative estimate of drug-likeness (QED) is 0.652. The number of amides is 2. The predicted molar refractivity (Wildman–Crippen MR) is 110 cm³/mol. The highest BCUT2D eigenvalue weighted by molar-refractivity contribution is 6.31. The summed E-state index contributed by atoms with van der Waals surface area (Å²) in [6, 6.07) is 8.73. The molecule has 0 radical (unpaired) electrons. The number of H-pyrrole nitrogens is 1. The molecule has 3 aromatic rings. The van der Waals surface area contributed by atoms with Crippen LogP contribution in [-0.4, -0.2) is 29.6 Å². The minimum Gasteiger partial charge on any atom is -0.373 e. The number of likely N-dealkylation sites (N-methyl/N-ethyl adjacent to an activating group) is 1. The first-order valence-electron chi connectivity index (χ1n) is 9.07. The van der Waals surface area contributed by atoms with Gasteiger partial charge in [0.05, 0.1) is 19.3 Å². The van der Waals surface area contributed by atoms with Crippen LogP contribution in [0.15, 0.2) is 41.2 Å². The van der Waals surface area contributed by atoms with E-state index in [-0.39, 0.29) is 30.6 Å². The second-order valence-electron chi connectivity index (χ2n) is 7.07. The van der Waals surface area contributed by atoms with Crippen molar-refractivity contribution in [2.45, 2.75) is 19.6 Å². The molecule has 0 spiro atoms. The van der Waals surface area contributed by atoms with E-state index in [4.69, 9.17) is 16.3 Å². The second-order valence-corrected chi connectivity index (χ2v) is 7.51. The van der Waals surface area contributed by atoms with E-state index >= 15 is 0 Å². The first-order chi connectivity index (χ1) is 13.8. The Balaban J connectivity index is 1.70. The number of rotatable bonds is 2. The van der Waals surface area contributed by atoms with Gasteiger partial charge in [0.1, 0.15) is 5.82 Å². The van der Waals surface area contributed by atoms with Crippen LogP contribution in [-0.2, 0) is 11.3 Å². The van der Waals surface area contributed by atoms with Gasteiger partial charge in [-0.05, 0) is 48.2 Å². The van der Waals surface area contributed by atoms with Gasteiger partial charge in [-0.15, -0.1) is 0 Å². The topological polar surface area (TPSA) is 74.4 Å². The molecule has 0 saturated heterocycles. The van der Waals surface area contributed by atoms with E-state index < -0.39 is 6.04 Å². The van der Waals surface area contributed by atoms with E-state index in [1.807, 2.05) is 0 Å². The monoisotopic (exact) mass is 415 g/mol. The SMILES string of the molecule is Cc1cc(NC(=O)N(C)C2COCc3[nH]c(=O)c4cc(Cl)ccc4c32)ccc1F. The van der Waals surface area contributed by atoms with Crippen molar-refractivity contribution in [1.29, 1.82) is 0 Å². The summed E-state index contributed by atoms with van der Waals surface area (Å²) in [5.74, 6) is -0.333. The average molecular weight is 416 g/mol. The van der Waals surface area contributed by atoms with E-state index in [2.05, 4.69) is 10.3 Å². The fourth-order valence-corrected chi connectivity index (χ4v) is 3.78. The predicted octanol–water partition coefficient (Wildman–Crippen LogP) is 4.36. The van der Waals surface area contributed by atoms with E-state index in [1.165, 1.54) is 17.0 Å². The number of nitrogens with zero attached hydrogens (tertiary/aromatic N) is 1. The summed E-state index contributed by atoms with van der Waals surface area (Å²) in [4.78, 5) is 29.6. The van der Waals surface area contributed by atoms with Gasteiger partial charge in [-0.25, -0.2) is 9.18 Å². The Kier molecular flexibility index (Phi) is 5.02. The molecule has 1 aromatic heterocycles. The van der Waals surface area contributed by atoms with Crippen molar-refractivity contribution in [2.24, 2.45) is 0 Å². The maximum atomic E-state index is 13.5. The van der Waals surface area contributed by atoms with Gasteiger partial charge >= 0.3 is 6.03 Å². The molecule has 1 atom stereocenters. The van der Waals surface area contributed by atoms with Crippen molar-refractivity contribution < 1.29 is 13.9 Å². The molecule has 2 amide bonds. The number of aromatic amines is 1. The highest BCUT2D eigenvalue weighted by atomic mass is 35.5. The van der Waals surface area contributed by atoms with Gasteiger partial charge < -0.3 is 19.9 Å². The van der Waals surface area contributed by atoms with Gasteiger partial charge in [-0.3, -0.25) is 4.79 Å². The Bertz CT molecular complexity index is 1180. The second kappa shape index (κ2) is 7.50. The van der Waals surface area contributed by atoms with Crippen molar-refractivity contribution >= 4 is 34.1 Å². The van der Waals surface area contributed by atoms with Crippen LogP contribution < -0.4 is 10.9 Å². The number of benzene rings is 2. The molecule has 2 aromatic carbocycles. The third-order valence-corrected chi connectivity index (χ3v) is 5.39. The lowest BCUT2D eigenvalue weighted by molar-refractivity contribution is 0.0527. The molecule has 1 aliphatic heterocycles. The molecule has 2 N–H and O–H groups in total. The van der Waals surface area contributed by atoms with E-state index in [0.29, 0.717) is 27.4 Å². The number of anilines is 1. The van der Waals surface area contributed by atoms with Gasteiger partial charge in [-0.1, -0.05) is 17.7 Å². The molecule has 1 aliphatic rings. The van der Waals surface area contributed by atoms with Crippen LogP contribution in [0.25, 0.3) is 10.8 Å². The molecule has 0 fully saturated rings. The summed E-state index contributed by atoms with van der Waals surface area (Å²) < 4.78 is 19.1. The summed E-state index contributed by atoms with van der Waals surface area (Å²) in [6.07, 6.45) is 0. The van der Waals surface area contributed by atoms with Gasteiger partial charge in [0, 0.05) is 34.4 Å². The summed E-state index contributed by atoms with van der Waals surface area (Å²) in [5, 5.41) is 4.44.